The zero-order chi connectivity index (χ0) is 13.8. The number of amides is 1. The number of nitrogens with zero attached hydrogens (tertiary/aromatic N) is 3. The SMILES string of the molecule is CNC(=O)CN(C)c1cc(C#N)c2ccccc2n1. The van der Waals surface area contributed by atoms with Gasteiger partial charge in [0, 0.05) is 19.5 Å². The van der Waals surface area contributed by atoms with Crippen molar-refractivity contribution in [3.8, 4) is 6.07 Å². The molecule has 1 aromatic carbocycles. The van der Waals surface area contributed by atoms with Crippen molar-refractivity contribution in [2.75, 3.05) is 25.5 Å². The van der Waals surface area contributed by atoms with Crippen molar-refractivity contribution >= 4 is 22.6 Å². The lowest BCUT2D eigenvalue weighted by molar-refractivity contribution is -0.119. The molecule has 2 aromatic rings. The maximum atomic E-state index is 11.4. The molecular weight excluding hydrogens is 240 g/mol. The number of benzene rings is 1. The molecule has 0 atom stereocenters. The Morgan fingerprint density at radius 1 is 1.47 bits per heavy atom. The number of hydrogen-bond acceptors (Lipinski definition) is 4. The Bertz CT molecular complexity index is 660. The van der Waals surface area contributed by atoms with E-state index in [2.05, 4.69) is 16.4 Å². The van der Waals surface area contributed by atoms with Gasteiger partial charge in [0.2, 0.25) is 5.91 Å². The highest BCUT2D eigenvalue weighted by Crippen LogP contribution is 2.21. The summed E-state index contributed by atoms with van der Waals surface area (Å²) < 4.78 is 0. The second-order valence-electron chi connectivity index (χ2n) is 4.19. The summed E-state index contributed by atoms with van der Waals surface area (Å²) in [5, 5.41) is 12.6. The Balaban J connectivity index is 2.45. The Kier molecular flexibility index (Phi) is 3.62. The van der Waals surface area contributed by atoms with Crippen molar-refractivity contribution in [1.29, 1.82) is 5.26 Å². The fraction of sp³-hybridized carbons (Fsp3) is 0.214. The number of nitriles is 1. The van der Waals surface area contributed by atoms with Crippen LogP contribution in [0.25, 0.3) is 10.9 Å². The third-order valence-electron chi connectivity index (χ3n) is 2.87. The largest absolute Gasteiger partial charge is 0.358 e. The second kappa shape index (κ2) is 5.36. The summed E-state index contributed by atoms with van der Waals surface area (Å²) in [7, 11) is 3.36. The highest BCUT2D eigenvalue weighted by Gasteiger charge is 2.10. The molecule has 0 saturated heterocycles. The number of carbonyl (C=O) groups is 1. The molecule has 0 saturated carbocycles. The summed E-state index contributed by atoms with van der Waals surface area (Å²) in [6.45, 7) is 0.201. The Morgan fingerprint density at radius 3 is 2.89 bits per heavy atom. The molecule has 0 fully saturated rings. The number of aromatic nitrogens is 1. The van der Waals surface area contributed by atoms with Crippen LogP contribution in [-0.2, 0) is 4.79 Å². The first-order valence-corrected chi connectivity index (χ1v) is 5.87. The van der Waals surface area contributed by atoms with Gasteiger partial charge in [0.25, 0.3) is 0 Å². The minimum absolute atomic E-state index is 0.101. The predicted molar refractivity (Wildman–Crippen MR) is 73.8 cm³/mol. The van der Waals surface area contributed by atoms with Crippen LogP contribution in [0.4, 0.5) is 5.82 Å². The van der Waals surface area contributed by atoms with Crippen molar-refractivity contribution in [2.45, 2.75) is 0 Å². The summed E-state index contributed by atoms with van der Waals surface area (Å²) in [6, 6.07) is 11.3. The first kappa shape index (κ1) is 12.8. The first-order chi connectivity index (χ1) is 9.15. The van der Waals surface area contributed by atoms with Crippen molar-refractivity contribution < 1.29 is 4.79 Å². The van der Waals surface area contributed by atoms with Crippen LogP contribution < -0.4 is 10.2 Å². The average molecular weight is 254 g/mol. The monoisotopic (exact) mass is 254 g/mol. The van der Waals surface area contributed by atoms with Gasteiger partial charge in [0.05, 0.1) is 23.7 Å². The standard InChI is InChI=1S/C14H14N4O/c1-16-14(19)9-18(2)13-7-10(8-15)11-5-3-4-6-12(11)17-13/h3-7H,9H2,1-2H3,(H,16,19). The molecule has 0 bridgehead atoms. The van der Waals surface area contributed by atoms with E-state index in [1.807, 2.05) is 24.3 Å². The van der Waals surface area contributed by atoms with Gasteiger partial charge in [-0.05, 0) is 12.1 Å². The van der Waals surface area contributed by atoms with Crippen LogP contribution in [-0.4, -0.2) is 31.5 Å². The Labute approximate surface area is 111 Å². The van der Waals surface area contributed by atoms with Gasteiger partial charge in [-0.25, -0.2) is 4.98 Å². The lowest BCUT2D eigenvalue weighted by Gasteiger charge is -2.17. The number of likely N-dealkylation sites (N-methyl/N-ethyl adjacent to an activating group) is 2. The van der Waals surface area contributed by atoms with Crippen LogP contribution in [0.3, 0.4) is 0 Å². The molecule has 0 aliphatic heterocycles. The van der Waals surface area contributed by atoms with Crippen LogP contribution in [0.1, 0.15) is 5.56 Å². The summed E-state index contributed by atoms with van der Waals surface area (Å²) in [5.74, 6) is 0.509. The Hall–Kier alpha value is -2.61. The lowest BCUT2D eigenvalue weighted by Crippen LogP contribution is -2.33. The number of carbonyl (C=O) groups excluding carboxylic acids is 1. The molecule has 0 radical (unpaired) electrons. The van der Waals surface area contributed by atoms with Crippen LogP contribution in [0.5, 0.6) is 0 Å². The predicted octanol–water partition coefficient (Wildman–Crippen LogP) is 1.29. The third-order valence-corrected chi connectivity index (χ3v) is 2.87. The van der Waals surface area contributed by atoms with Gasteiger partial charge in [-0.2, -0.15) is 5.26 Å². The fourth-order valence-corrected chi connectivity index (χ4v) is 1.82. The van der Waals surface area contributed by atoms with Crippen molar-refractivity contribution in [2.24, 2.45) is 0 Å². The first-order valence-electron chi connectivity index (χ1n) is 5.87. The highest BCUT2D eigenvalue weighted by molar-refractivity contribution is 5.87. The molecule has 0 aliphatic rings. The molecule has 0 aliphatic carbocycles. The number of anilines is 1. The molecule has 2 rings (SSSR count). The smallest absolute Gasteiger partial charge is 0.239 e. The van der Waals surface area contributed by atoms with Crippen LogP contribution >= 0.6 is 0 Å². The van der Waals surface area contributed by atoms with E-state index in [0.717, 1.165) is 10.9 Å². The van der Waals surface area contributed by atoms with Gasteiger partial charge in [-0.3, -0.25) is 4.79 Å². The molecular formula is C14H14N4O. The minimum Gasteiger partial charge on any atom is -0.358 e. The molecule has 0 unspecified atom stereocenters. The lowest BCUT2D eigenvalue weighted by atomic mass is 10.1. The van der Waals surface area contributed by atoms with E-state index in [0.29, 0.717) is 11.4 Å². The molecule has 5 heteroatoms. The highest BCUT2D eigenvalue weighted by atomic mass is 16.1. The summed E-state index contributed by atoms with van der Waals surface area (Å²) in [5.41, 5.74) is 1.31. The van der Waals surface area contributed by atoms with E-state index in [1.165, 1.54) is 0 Å². The van der Waals surface area contributed by atoms with Gasteiger partial charge in [0.15, 0.2) is 0 Å². The van der Waals surface area contributed by atoms with E-state index in [4.69, 9.17) is 0 Å². The van der Waals surface area contributed by atoms with E-state index in [1.54, 1.807) is 25.1 Å². The van der Waals surface area contributed by atoms with Crippen LogP contribution in [0.15, 0.2) is 30.3 Å². The molecule has 19 heavy (non-hydrogen) atoms. The number of hydrogen-bond donors (Lipinski definition) is 1. The molecule has 1 heterocycles. The number of para-hydroxylation sites is 1. The van der Waals surface area contributed by atoms with Gasteiger partial charge in [0.1, 0.15) is 5.82 Å². The van der Waals surface area contributed by atoms with Crippen molar-refractivity contribution in [3.63, 3.8) is 0 Å². The Morgan fingerprint density at radius 2 is 2.21 bits per heavy atom. The van der Waals surface area contributed by atoms with Gasteiger partial charge < -0.3 is 10.2 Å². The number of pyridine rings is 1. The molecule has 1 N–H and O–H groups in total. The van der Waals surface area contributed by atoms with Gasteiger partial charge in [-0.1, -0.05) is 18.2 Å². The normalized spacial score (nSPS) is 9.95. The molecule has 5 nitrogen and oxygen atoms in total. The quantitative estimate of drug-likeness (QED) is 0.896. The maximum absolute atomic E-state index is 11.4. The van der Waals surface area contributed by atoms with E-state index >= 15 is 0 Å². The molecule has 1 aromatic heterocycles. The van der Waals surface area contributed by atoms with Crippen molar-refractivity contribution in [3.05, 3.63) is 35.9 Å². The summed E-state index contributed by atoms with van der Waals surface area (Å²) >= 11 is 0. The zero-order valence-electron chi connectivity index (χ0n) is 10.8. The number of fused-ring (bicyclic) bond motifs is 1. The molecule has 0 spiro atoms. The van der Waals surface area contributed by atoms with Gasteiger partial charge in [-0.15, -0.1) is 0 Å². The zero-order valence-corrected chi connectivity index (χ0v) is 10.8. The summed E-state index contributed by atoms with van der Waals surface area (Å²) in [6.07, 6.45) is 0. The van der Waals surface area contributed by atoms with Crippen LogP contribution in [0.2, 0.25) is 0 Å². The van der Waals surface area contributed by atoms with Crippen LogP contribution in [0, 0.1) is 11.3 Å². The number of nitrogens with one attached hydrogen (secondary N) is 1. The fourth-order valence-electron chi connectivity index (χ4n) is 1.82. The van der Waals surface area contributed by atoms with Gasteiger partial charge >= 0.3 is 0 Å². The number of rotatable bonds is 3. The minimum atomic E-state index is -0.101. The maximum Gasteiger partial charge on any atom is 0.239 e. The second-order valence-corrected chi connectivity index (χ2v) is 4.19. The summed E-state index contributed by atoms with van der Waals surface area (Å²) in [4.78, 5) is 17.5. The molecule has 96 valence electrons. The average Bonchev–Trinajstić information content (AvgIpc) is 2.45. The van der Waals surface area contributed by atoms with E-state index in [9.17, 15) is 10.1 Å². The van der Waals surface area contributed by atoms with Crippen molar-refractivity contribution in [1.82, 2.24) is 10.3 Å². The third kappa shape index (κ3) is 2.63. The molecule has 1 amide bonds. The topological polar surface area (TPSA) is 69.0 Å². The van der Waals surface area contributed by atoms with E-state index < -0.39 is 0 Å². The van der Waals surface area contributed by atoms with E-state index in [-0.39, 0.29) is 12.5 Å².